The van der Waals surface area contributed by atoms with Gasteiger partial charge in [-0.25, -0.2) is 9.69 Å². The summed E-state index contributed by atoms with van der Waals surface area (Å²) in [7, 11) is 1.52. The van der Waals surface area contributed by atoms with Gasteiger partial charge in [-0.3, -0.25) is 14.4 Å². The van der Waals surface area contributed by atoms with Gasteiger partial charge in [0.1, 0.15) is 5.75 Å². The first-order valence-corrected chi connectivity index (χ1v) is 9.89. The van der Waals surface area contributed by atoms with Crippen molar-refractivity contribution in [1.82, 2.24) is 0 Å². The molecule has 0 N–H and O–H groups in total. The van der Waals surface area contributed by atoms with Crippen molar-refractivity contribution in [2.75, 3.05) is 18.6 Å². The first-order valence-electron chi connectivity index (χ1n) is 9.52. The first kappa shape index (κ1) is 21.3. The van der Waals surface area contributed by atoms with Crippen molar-refractivity contribution in [3.8, 4) is 5.75 Å². The van der Waals surface area contributed by atoms with E-state index in [4.69, 9.17) is 21.1 Å². The fourth-order valence-electron chi connectivity index (χ4n) is 3.29. The number of hydrogen-bond acceptors (Lipinski definition) is 6. The molecule has 0 atom stereocenters. The lowest BCUT2D eigenvalue weighted by molar-refractivity contribution is 0.0474. The van der Waals surface area contributed by atoms with Crippen LogP contribution in [-0.4, -0.2) is 37.3 Å². The van der Waals surface area contributed by atoms with Crippen LogP contribution in [0.4, 0.5) is 5.69 Å². The van der Waals surface area contributed by atoms with Crippen LogP contribution >= 0.6 is 11.6 Å². The maximum Gasteiger partial charge on any atom is 0.338 e. The van der Waals surface area contributed by atoms with Crippen molar-refractivity contribution in [1.29, 1.82) is 0 Å². The zero-order valence-electron chi connectivity index (χ0n) is 16.8. The number of benzene rings is 3. The first-order chi connectivity index (χ1) is 15.4. The fourth-order valence-corrected chi connectivity index (χ4v) is 3.48. The van der Waals surface area contributed by atoms with E-state index in [1.807, 2.05) is 0 Å². The van der Waals surface area contributed by atoms with E-state index in [1.165, 1.54) is 31.4 Å². The van der Waals surface area contributed by atoms with Gasteiger partial charge in [0.05, 0.1) is 29.5 Å². The Morgan fingerprint density at radius 3 is 2.25 bits per heavy atom. The molecule has 3 aromatic carbocycles. The minimum Gasteiger partial charge on any atom is -0.497 e. The fraction of sp³-hybridized carbons (Fsp3) is 0.0833. The van der Waals surface area contributed by atoms with Gasteiger partial charge in [-0.15, -0.1) is 0 Å². The molecule has 8 heteroatoms. The highest BCUT2D eigenvalue weighted by atomic mass is 35.5. The summed E-state index contributed by atoms with van der Waals surface area (Å²) in [5, 5.41) is 0.379. The number of hydrogen-bond donors (Lipinski definition) is 0. The van der Waals surface area contributed by atoms with E-state index in [0.29, 0.717) is 22.0 Å². The number of rotatable bonds is 6. The van der Waals surface area contributed by atoms with Gasteiger partial charge in [0.2, 0.25) is 0 Å². The molecule has 0 aromatic heterocycles. The number of esters is 1. The number of Topliss-reactive ketones (excluding diaryl/α,β-unsaturated/α-hetero) is 1. The summed E-state index contributed by atoms with van der Waals surface area (Å²) < 4.78 is 10.1. The summed E-state index contributed by atoms with van der Waals surface area (Å²) in [6.07, 6.45) is 0. The largest absolute Gasteiger partial charge is 0.497 e. The molecule has 160 valence electrons. The molecular weight excluding hydrogens is 434 g/mol. The van der Waals surface area contributed by atoms with Crippen LogP contribution in [0.25, 0.3) is 0 Å². The summed E-state index contributed by atoms with van der Waals surface area (Å²) in [5.74, 6) is -1.66. The molecular formula is C24H16ClNO6. The molecule has 0 saturated carbocycles. The van der Waals surface area contributed by atoms with Crippen LogP contribution in [-0.2, 0) is 4.74 Å². The van der Waals surface area contributed by atoms with Gasteiger partial charge in [0.15, 0.2) is 12.4 Å². The quantitative estimate of drug-likeness (QED) is 0.318. The van der Waals surface area contributed by atoms with Crippen LogP contribution in [0.2, 0.25) is 5.02 Å². The van der Waals surface area contributed by atoms with Crippen LogP contribution in [0.3, 0.4) is 0 Å². The number of ether oxygens (including phenoxy) is 2. The van der Waals surface area contributed by atoms with Crippen molar-refractivity contribution < 1.29 is 28.7 Å². The number of amides is 2. The molecule has 0 bridgehead atoms. The molecule has 7 nitrogen and oxygen atoms in total. The second-order valence-electron chi connectivity index (χ2n) is 6.91. The molecule has 0 spiro atoms. The maximum atomic E-state index is 12.8. The molecule has 0 fully saturated rings. The van der Waals surface area contributed by atoms with E-state index in [9.17, 15) is 19.2 Å². The number of anilines is 1. The van der Waals surface area contributed by atoms with Crippen LogP contribution in [0.5, 0.6) is 5.75 Å². The molecule has 0 radical (unpaired) electrons. The topological polar surface area (TPSA) is 90.0 Å². The van der Waals surface area contributed by atoms with E-state index < -0.39 is 24.4 Å². The average Bonchev–Trinajstić information content (AvgIpc) is 3.06. The van der Waals surface area contributed by atoms with Gasteiger partial charge in [-0.05, 0) is 60.7 Å². The number of imide groups is 1. The highest BCUT2D eigenvalue weighted by molar-refractivity contribution is 6.35. The molecule has 0 aliphatic carbocycles. The third-order valence-corrected chi connectivity index (χ3v) is 5.17. The number of nitrogens with zero attached hydrogens (tertiary/aromatic N) is 1. The van der Waals surface area contributed by atoms with E-state index in [1.54, 1.807) is 42.5 Å². The van der Waals surface area contributed by atoms with Gasteiger partial charge in [0, 0.05) is 10.6 Å². The third kappa shape index (κ3) is 3.98. The summed E-state index contributed by atoms with van der Waals surface area (Å²) in [6, 6.07) is 16.8. The van der Waals surface area contributed by atoms with E-state index in [0.717, 1.165) is 4.90 Å². The Labute approximate surface area is 188 Å². The van der Waals surface area contributed by atoms with E-state index >= 15 is 0 Å². The molecule has 3 aromatic rings. The number of carbonyl (C=O) groups is 4. The number of fused-ring (bicyclic) bond motifs is 1. The molecule has 1 heterocycles. The minimum atomic E-state index is -0.781. The Morgan fingerprint density at radius 2 is 1.56 bits per heavy atom. The molecule has 0 saturated heterocycles. The lowest BCUT2D eigenvalue weighted by atomic mass is 10.1. The van der Waals surface area contributed by atoms with Crippen molar-refractivity contribution >= 4 is 40.9 Å². The zero-order chi connectivity index (χ0) is 22.8. The minimum absolute atomic E-state index is 0.0559. The summed E-state index contributed by atoms with van der Waals surface area (Å²) in [6.45, 7) is -0.468. The predicted octanol–water partition coefficient (Wildman–Crippen LogP) is 4.19. The van der Waals surface area contributed by atoms with Gasteiger partial charge in [-0.1, -0.05) is 17.7 Å². The highest BCUT2D eigenvalue weighted by Gasteiger charge is 2.37. The van der Waals surface area contributed by atoms with Gasteiger partial charge in [0.25, 0.3) is 11.8 Å². The second kappa shape index (κ2) is 8.64. The molecule has 4 rings (SSSR count). The van der Waals surface area contributed by atoms with Crippen molar-refractivity contribution in [2.45, 2.75) is 0 Å². The monoisotopic (exact) mass is 449 g/mol. The third-order valence-electron chi connectivity index (χ3n) is 4.94. The summed E-state index contributed by atoms with van der Waals surface area (Å²) in [5.41, 5.74) is 0.996. The molecule has 1 aliphatic rings. The average molecular weight is 450 g/mol. The van der Waals surface area contributed by atoms with Crippen molar-refractivity contribution in [3.63, 3.8) is 0 Å². The van der Waals surface area contributed by atoms with Crippen LogP contribution < -0.4 is 9.64 Å². The van der Waals surface area contributed by atoms with Gasteiger partial charge < -0.3 is 9.47 Å². The smallest absolute Gasteiger partial charge is 0.338 e. The van der Waals surface area contributed by atoms with Crippen LogP contribution in [0.15, 0.2) is 66.7 Å². The highest BCUT2D eigenvalue weighted by Crippen LogP contribution is 2.30. The second-order valence-corrected chi connectivity index (χ2v) is 7.35. The van der Waals surface area contributed by atoms with Crippen LogP contribution in [0.1, 0.15) is 41.4 Å². The Kier molecular flexibility index (Phi) is 5.75. The van der Waals surface area contributed by atoms with E-state index in [-0.39, 0.29) is 22.5 Å². The lowest BCUT2D eigenvalue weighted by Crippen LogP contribution is -2.29. The molecule has 32 heavy (non-hydrogen) atoms. The SMILES string of the molecule is COc1ccc(C(=O)COC(=O)c2ccc3c(c2)C(=O)N(c2cccc(Cl)c2)C3=O)cc1. The Hall–Kier alpha value is -3.97. The number of carbonyl (C=O) groups excluding carboxylic acids is 4. The summed E-state index contributed by atoms with van der Waals surface area (Å²) in [4.78, 5) is 51.3. The Bertz CT molecular complexity index is 1250. The zero-order valence-corrected chi connectivity index (χ0v) is 17.6. The standard InChI is InChI=1S/C24H16ClNO6/c1-31-18-8-5-14(6-9-18)21(27)13-32-24(30)15-7-10-19-20(11-15)23(29)26(22(19)28)17-4-2-3-16(25)12-17/h2-12H,13H2,1H3. The number of methoxy groups -OCH3 is 1. The summed E-state index contributed by atoms with van der Waals surface area (Å²) >= 11 is 5.97. The van der Waals surface area contributed by atoms with Crippen molar-refractivity contribution in [3.05, 3.63) is 94.0 Å². The molecule has 0 unspecified atom stereocenters. The van der Waals surface area contributed by atoms with Crippen molar-refractivity contribution in [2.24, 2.45) is 0 Å². The maximum absolute atomic E-state index is 12.8. The van der Waals surface area contributed by atoms with Gasteiger partial charge >= 0.3 is 5.97 Å². The number of ketones is 1. The van der Waals surface area contributed by atoms with Crippen LogP contribution in [0, 0.1) is 0 Å². The molecule has 2 amide bonds. The Morgan fingerprint density at radius 1 is 0.875 bits per heavy atom. The Balaban J connectivity index is 1.49. The van der Waals surface area contributed by atoms with E-state index in [2.05, 4.69) is 0 Å². The molecule has 1 aliphatic heterocycles. The normalized spacial score (nSPS) is 12.5. The number of halogens is 1. The van der Waals surface area contributed by atoms with Gasteiger partial charge in [-0.2, -0.15) is 0 Å². The predicted molar refractivity (Wildman–Crippen MR) is 117 cm³/mol. The lowest BCUT2D eigenvalue weighted by Gasteiger charge is -2.13.